The van der Waals surface area contributed by atoms with E-state index >= 15 is 0 Å². The summed E-state index contributed by atoms with van der Waals surface area (Å²) < 4.78 is 0. The summed E-state index contributed by atoms with van der Waals surface area (Å²) in [6, 6.07) is 4.49. The van der Waals surface area contributed by atoms with Crippen molar-refractivity contribution in [3.8, 4) is 0 Å². The molecule has 2 heterocycles. The monoisotopic (exact) mass is 303 g/mol. The molecule has 1 aromatic rings. The highest BCUT2D eigenvalue weighted by atomic mass is 16.3. The van der Waals surface area contributed by atoms with Crippen molar-refractivity contribution in [1.29, 1.82) is 0 Å². The first-order chi connectivity index (χ1) is 10.6. The number of aliphatic hydroxyl groups excluding tert-OH is 1. The van der Waals surface area contributed by atoms with Crippen LogP contribution >= 0.6 is 0 Å². The van der Waals surface area contributed by atoms with Crippen LogP contribution in [0.15, 0.2) is 30.0 Å². The van der Waals surface area contributed by atoms with Crippen molar-refractivity contribution in [1.82, 2.24) is 4.98 Å². The highest BCUT2D eigenvalue weighted by molar-refractivity contribution is 5.65. The second-order valence-corrected chi connectivity index (χ2v) is 6.50. The van der Waals surface area contributed by atoms with Gasteiger partial charge in [-0.3, -0.25) is 0 Å². The molecule has 0 spiro atoms. The van der Waals surface area contributed by atoms with Gasteiger partial charge in [0.25, 0.3) is 0 Å². The molecule has 2 N–H and O–H groups in total. The van der Waals surface area contributed by atoms with E-state index in [-0.39, 0.29) is 6.10 Å². The Labute approximate surface area is 134 Å². The molecule has 1 aliphatic heterocycles. The zero-order valence-electron chi connectivity index (χ0n) is 14.0. The number of pyridine rings is 1. The number of allylic oxidation sites excluding steroid dienone is 2. The molecule has 1 aliphatic rings. The molecule has 0 radical (unpaired) electrons. The quantitative estimate of drug-likeness (QED) is 0.789. The molecule has 1 atom stereocenters. The first-order valence-electron chi connectivity index (χ1n) is 8.34. The Balaban J connectivity index is 1.97. The van der Waals surface area contributed by atoms with Gasteiger partial charge in [-0.15, -0.1) is 0 Å². The molecule has 0 bridgehead atoms. The number of piperidine rings is 1. The fraction of sp³-hybridized carbons (Fsp3) is 0.611. The number of hydrogen-bond donors (Lipinski definition) is 2. The Morgan fingerprint density at radius 2 is 2.18 bits per heavy atom. The van der Waals surface area contributed by atoms with Crippen LogP contribution in [0.2, 0.25) is 0 Å². The molecule has 1 fully saturated rings. The zero-order chi connectivity index (χ0) is 15.9. The normalized spacial score (nSPS) is 17.2. The van der Waals surface area contributed by atoms with Crippen LogP contribution in [0.3, 0.4) is 0 Å². The average molecular weight is 303 g/mol. The smallest absolute Gasteiger partial charge is 0.151 e. The standard InChI is InChI=1S/C18H29N3O/c1-14(2)6-4-7-15(3)20-17-8-5-11-19-18(17)21-12-9-16(22)10-13-21/h5-6,8,11,15-16,20,22H,4,7,9-10,12-13H2,1-3H3. The summed E-state index contributed by atoms with van der Waals surface area (Å²) in [5, 5.41) is 13.3. The fourth-order valence-electron chi connectivity index (χ4n) is 2.80. The summed E-state index contributed by atoms with van der Waals surface area (Å²) in [6.07, 6.45) is 7.84. The summed E-state index contributed by atoms with van der Waals surface area (Å²) in [4.78, 5) is 6.83. The largest absolute Gasteiger partial charge is 0.393 e. The van der Waals surface area contributed by atoms with Gasteiger partial charge in [0.2, 0.25) is 0 Å². The van der Waals surface area contributed by atoms with E-state index in [9.17, 15) is 5.11 Å². The van der Waals surface area contributed by atoms with Crippen LogP contribution in [-0.2, 0) is 0 Å². The Morgan fingerprint density at radius 3 is 2.86 bits per heavy atom. The fourth-order valence-corrected chi connectivity index (χ4v) is 2.80. The van der Waals surface area contributed by atoms with Gasteiger partial charge in [0.1, 0.15) is 0 Å². The summed E-state index contributed by atoms with van der Waals surface area (Å²) in [7, 11) is 0. The van der Waals surface area contributed by atoms with Crippen molar-refractivity contribution in [2.45, 2.75) is 58.6 Å². The van der Waals surface area contributed by atoms with Crippen molar-refractivity contribution >= 4 is 11.5 Å². The number of nitrogens with zero attached hydrogens (tertiary/aromatic N) is 2. The molecule has 0 aromatic carbocycles. The third-order valence-corrected chi connectivity index (χ3v) is 4.10. The number of aliphatic hydroxyl groups is 1. The number of nitrogens with one attached hydrogen (secondary N) is 1. The molecule has 1 unspecified atom stereocenters. The number of aromatic nitrogens is 1. The molecular formula is C18H29N3O. The third-order valence-electron chi connectivity index (χ3n) is 4.10. The Morgan fingerprint density at radius 1 is 1.45 bits per heavy atom. The number of hydrogen-bond acceptors (Lipinski definition) is 4. The van der Waals surface area contributed by atoms with Gasteiger partial charge in [-0.2, -0.15) is 0 Å². The van der Waals surface area contributed by atoms with Crippen LogP contribution in [0.1, 0.15) is 46.5 Å². The van der Waals surface area contributed by atoms with E-state index in [0.717, 1.165) is 50.3 Å². The molecule has 122 valence electrons. The maximum Gasteiger partial charge on any atom is 0.151 e. The highest BCUT2D eigenvalue weighted by Gasteiger charge is 2.20. The molecule has 2 rings (SSSR count). The van der Waals surface area contributed by atoms with E-state index < -0.39 is 0 Å². The van der Waals surface area contributed by atoms with E-state index in [0.29, 0.717) is 6.04 Å². The lowest BCUT2D eigenvalue weighted by Crippen LogP contribution is -2.37. The predicted molar refractivity (Wildman–Crippen MR) is 93.4 cm³/mol. The minimum Gasteiger partial charge on any atom is -0.393 e. The van der Waals surface area contributed by atoms with Crippen LogP contribution in [-0.4, -0.2) is 35.3 Å². The molecule has 4 nitrogen and oxygen atoms in total. The average Bonchev–Trinajstić information content (AvgIpc) is 2.48. The van der Waals surface area contributed by atoms with Gasteiger partial charge in [0, 0.05) is 25.3 Å². The number of anilines is 2. The van der Waals surface area contributed by atoms with E-state index in [1.54, 1.807) is 0 Å². The second kappa shape index (κ2) is 8.18. The van der Waals surface area contributed by atoms with Gasteiger partial charge in [0.05, 0.1) is 11.8 Å². The van der Waals surface area contributed by atoms with E-state index in [1.165, 1.54) is 5.57 Å². The van der Waals surface area contributed by atoms with Crippen molar-refractivity contribution in [3.63, 3.8) is 0 Å². The summed E-state index contributed by atoms with van der Waals surface area (Å²) in [5.74, 6) is 1.02. The molecule has 1 aromatic heterocycles. The number of rotatable bonds is 6. The van der Waals surface area contributed by atoms with Gasteiger partial charge in [-0.1, -0.05) is 11.6 Å². The van der Waals surface area contributed by atoms with Crippen LogP contribution in [0.4, 0.5) is 11.5 Å². The van der Waals surface area contributed by atoms with Crippen molar-refractivity contribution < 1.29 is 5.11 Å². The SMILES string of the molecule is CC(C)=CCCC(C)Nc1cccnc1N1CCC(O)CC1. The van der Waals surface area contributed by atoms with Crippen LogP contribution in [0, 0.1) is 0 Å². The first-order valence-corrected chi connectivity index (χ1v) is 8.34. The van der Waals surface area contributed by atoms with Crippen LogP contribution in [0.5, 0.6) is 0 Å². The highest BCUT2D eigenvalue weighted by Crippen LogP contribution is 2.26. The van der Waals surface area contributed by atoms with E-state index in [2.05, 4.69) is 48.1 Å². The second-order valence-electron chi connectivity index (χ2n) is 6.50. The van der Waals surface area contributed by atoms with Crippen molar-refractivity contribution in [3.05, 3.63) is 30.0 Å². The lowest BCUT2D eigenvalue weighted by Gasteiger charge is -2.32. The zero-order valence-corrected chi connectivity index (χ0v) is 14.0. The lowest BCUT2D eigenvalue weighted by molar-refractivity contribution is 0.145. The summed E-state index contributed by atoms with van der Waals surface area (Å²) >= 11 is 0. The Hall–Kier alpha value is -1.55. The van der Waals surface area contributed by atoms with E-state index in [4.69, 9.17) is 0 Å². The predicted octanol–water partition coefficient (Wildman–Crippen LogP) is 3.59. The minimum absolute atomic E-state index is 0.153. The van der Waals surface area contributed by atoms with Crippen LogP contribution < -0.4 is 10.2 Å². The third kappa shape index (κ3) is 5.02. The van der Waals surface area contributed by atoms with Crippen LogP contribution in [0.25, 0.3) is 0 Å². The maximum atomic E-state index is 9.66. The molecule has 1 saturated heterocycles. The van der Waals surface area contributed by atoms with Gasteiger partial charge >= 0.3 is 0 Å². The summed E-state index contributed by atoms with van der Waals surface area (Å²) in [6.45, 7) is 8.25. The summed E-state index contributed by atoms with van der Waals surface area (Å²) in [5.41, 5.74) is 2.48. The van der Waals surface area contributed by atoms with Crippen molar-refractivity contribution in [2.24, 2.45) is 0 Å². The van der Waals surface area contributed by atoms with Gasteiger partial charge < -0.3 is 15.3 Å². The Kier molecular flexibility index (Phi) is 6.25. The minimum atomic E-state index is -0.153. The van der Waals surface area contributed by atoms with Crippen molar-refractivity contribution in [2.75, 3.05) is 23.3 Å². The lowest BCUT2D eigenvalue weighted by atomic mass is 10.1. The van der Waals surface area contributed by atoms with Gasteiger partial charge in [0.15, 0.2) is 5.82 Å². The molecule has 0 amide bonds. The molecule has 4 heteroatoms. The molecule has 22 heavy (non-hydrogen) atoms. The first kappa shape index (κ1) is 16.8. The van der Waals surface area contributed by atoms with Gasteiger partial charge in [-0.25, -0.2) is 4.98 Å². The topological polar surface area (TPSA) is 48.4 Å². The van der Waals surface area contributed by atoms with E-state index in [1.807, 2.05) is 12.3 Å². The van der Waals surface area contributed by atoms with Gasteiger partial charge in [-0.05, 0) is 58.6 Å². The molecular weight excluding hydrogens is 274 g/mol. The Bertz CT molecular complexity index is 489. The molecule has 0 saturated carbocycles. The molecule has 0 aliphatic carbocycles. The maximum absolute atomic E-state index is 9.66.